The Kier molecular flexibility index (Phi) is 6.18. The molecule has 0 N–H and O–H groups in total. The molecule has 49 heavy (non-hydrogen) atoms. The highest BCUT2D eigenvalue weighted by Crippen LogP contribution is 2.42. The number of para-hydroxylation sites is 4. The molecule has 0 bridgehead atoms. The number of hydrogen-bond acceptors (Lipinski definition) is 2. The van der Waals surface area contributed by atoms with E-state index in [0.29, 0.717) is 0 Å². The second-order valence-corrected chi connectivity index (χ2v) is 12.6. The third-order valence-corrected chi connectivity index (χ3v) is 9.76. The molecule has 10 aromatic rings. The van der Waals surface area contributed by atoms with Crippen LogP contribution in [0.4, 0.5) is 17.1 Å². The maximum Gasteiger partial charge on any atom is 0.136 e. The Morgan fingerprint density at radius 1 is 0.408 bits per heavy atom. The molecule has 3 nitrogen and oxygen atoms in total. The van der Waals surface area contributed by atoms with Crippen molar-refractivity contribution in [3.63, 3.8) is 0 Å². The van der Waals surface area contributed by atoms with Gasteiger partial charge in [-0.05, 0) is 124 Å². The number of nitrogens with zero attached hydrogens (tertiary/aromatic N) is 2. The van der Waals surface area contributed by atoms with Gasteiger partial charge in [-0.1, -0.05) is 84.9 Å². The van der Waals surface area contributed by atoms with Crippen LogP contribution in [0.1, 0.15) is 0 Å². The number of aromatic nitrogens is 1. The molecule has 2 heterocycles. The lowest BCUT2D eigenvalue weighted by atomic mass is 9.91. The minimum Gasteiger partial charge on any atom is -0.456 e. The highest BCUT2D eigenvalue weighted by atomic mass is 16.3. The van der Waals surface area contributed by atoms with Gasteiger partial charge in [0.05, 0.1) is 5.52 Å². The Labute approximate surface area is 283 Å². The molecule has 0 radical (unpaired) electrons. The van der Waals surface area contributed by atoms with Crippen LogP contribution in [0.3, 0.4) is 0 Å². The molecule has 3 heteroatoms. The summed E-state index contributed by atoms with van der Waals surface area (Å²) >= 11 is 0. The minimum absolute atomic E-state index is 0.908. The predicted molar refractivity (Wildman–Crippen MR) is 206 cm³/mol. The van der Waals surface area contributed by atoms with Crippen molar-refractivity contribution in [2.75, 3.05) is 4.90 Å². The van der Waals surface area contributed by atoms with Crippen molar-refractivity contribution in [1.82, 2.24) is 4.57 Å². The van der Waals surface area contributed by atoms with Gasteiger partial charge in [-0.3, -0.25) is 0 Å². The zero-order valence-electron chi connectivity index (χ0n) is 26.6. The van der Waals surface area contributed by atoms with Crippen LogP contribution in [0.15, 0.2) is 187 Å². The predicted octanol–water partition coefficient (Wildman–Crippen LogP) is 13.0. The van der Waals surface area contributed by atoms with Gasteiger partial charge in [0, 0.05) is 45.1 Å². The maximum atomic E-state index is 6.42. The Morgan fingerprint density at radius 3 is 1.80 bits per heavy atom. The Hall–Kier alpha value is -6.58. The van der Waals surface area contributed by atoms with Crippen LogP contribution in [0.25, 0.3) is 71.2 Å². The van der Waals surface area contributed by atoms with E-state index < -0.39 is 0 Å². The maximum absolute atomic E-state index is 6.42. The van der Waals surface area contributed by atoms with Crippen LogP contribution >= 0.6 is 0 Å². The third kappa shape index (κ3) is 4.51. The van der Waals surface area contributed by atoms with E-state index in [0.717, 1.165) is 44.7 Å². The van der Waals surface area contributed by atoms with Crippen molar-refractivity contribution in [3.8, 4) is 16.8 Å². The fourth-order valence-electron chi connectivity index (χ4n) is 7.45. The lowest BCUT2D eigenvalue weighted by Crippen LogP contribution is -2.09. The van der Waals surface area contributed by atoms with Crippen molar-refractivity contribution in [2.45, 2.75) is 0 Å². The van der Waals surface area contributed by atoms with E-state index in [2.05, 4.69) is 186 Å². The van der Waals surface area contributed by atoms with Gasteiger partial charge in [0.2, 0.25) is 0 Å². The van der Waals surface area contributed by atoms with Crippen LogP contribution in [-0.4, -0.2) is 4.57 Å². The number of furan rings is 1. The minimum atomic E-state index is 0.908. The third-order valence-electron chi connectivity index (χ3n) is 9.76. The smallest absolute Gasteiger partial charge is 0.136 e. The molecule has 0 aliphatic rings. The molecule has 2 aromatic heterocycles. The number of benzene rings is 8. The average molecular weight is 627 g/mol. The Balaban J connectivity index is 1.21. The summed E-state index contributed by atoms with van der Waals surface area (Å²) in [7, 11) is 0. The van der Waals surface area contributed by atoms with Crippen molar-refractivity contribution in [3.05, 3.63) is 182 Å². The summed E-state index contributed by atoms with van der Waals surface area (Å²) in [4.78, 5) is 2.30. The van der Waals surface area contributed by atoms with E-state index in [-0.39, 0.29) is 0 Å². The van der Waals surface area contributed by atoms with Gasteiger partial charge < -0.3 is 13.9 Å². The van der Waals surface area contributed by atoms with Gasteiger partial charge >= 0.3 is 0 Å². The largest absolute Gasteiger partial charge is 0.456 e. The van der Waals surface area contributed by atoms with E-state index >= 15 is 0 Å². The molecule has 0 spiro atoms. The number of fused-ring (bicyclic) bond motifs is 7. The van der Waals surface area contributed by atoms with Gasteiger partial charge in [0.15, 0.2) is 0 Å². The van der Waals surface area contributed by atoms with Crippen molar-refractivity contribution in [1.29, 1.82) is 0 Å². The van der Waals surface area contributed by atoms with Crippen LogP contribution in [0.2, 0.25) is 0 Å². The summed E-state index contributed by atoms with van der Waals surface area (Å²) in [6.07, 6.45) is 2.17. The summed E-state index contributed by atoms with van der Waals surface area (Å²) in [6, 6.07) is 62.8. The van der Waals surface area contributed by atoms with Crippen LogP contribution in [0, 0.1) is 0 Å². The second kappa shape index (κ2) is 11.0. The van der Waals surface area contributed by atoms with E-state index in [1.54, 1.807) is 0 Å². The average Bonchev–Trinajstić information content (AvgIpc) is 3.75. The van der Waals surface area contributed by atoms with Crippen molar-refractivity contribution >= 4 is 71.4 Å². The first-order valence-corrected chi connectivity index (χ1v) is 16.7. The first-order valence-electron chi connectivity index (χ1n) is 16.7. The molecule has 0 aliphatic carbocycles. The summed E-state index contributed by atoms with van der Waals surface area (Å²) in [6.45, 7) is 0. The quantitative estimate of drug-likeness (QED) is 0.177. The summed E-state index contributed by atoms with van der Waals surface area (Å²) in [5, 5.41) is 8.29. The molecule has 230 valence electrons. The first kappa shape index (κ1) is 27.5. The number of anilines is 3. The molecule has 0 atom stereocenters. The second-order valence-electron chi connectivity index (χ2n) is 12.6. The molecule has 0 aliphatic heterocycles. The standard InChI is InChI=1S/C46H30N2O/c1-4-12-34(13-5-1)47-25-24-32-26-40-33(28-44(32)47)27-39(41-29-43-38-18-10-11-19-45(38)49-46(43)30-42(40)41)31-20-22-37(23-21-31)48(35-14-6-2-7-15-35)36-16-8-3-9-17-36/h1-30H. The molecule has 0 amide bonds. The van der Waals surface area contributed by atoms with E-state index in [1.807, 2.05) is 6.07 Å². The highest BCUT2D eigenvalue weighted by molar-refractivity contribution is 6.21. The van der Waals surface area contributed by atoms with Crippen LogP contribution < -0.4 is 4.90 Å². The highest BCUT2D eigenvalue weighted by Gasteiger charge is 2.17. The topological polar surface area (TPSA) is 21.3 Å². The SMILES string of the molecule is c1ccc(N(c2ccccc2)c2ccc(-c3cc4cc5c(ccn5-c5ccccc5)cc4c4cc5oc6ccccc6c5cc34)cc2)cc1. The summed E-state index contributed by atoms with van der Waals surface area (Å²) < 4.78 is 8.70. The van der Waals surface area contributed by atoms with Gasteiger partial charge in [-0.25, -0.2) is 0 Å². The molecule has 0 saturated heterocycles. The molecular formula is C46H30N2O. The van der Waals surface area contributed by atoms with Crippen LogP contribution in [-0.2, 0) is 0 Å². The Bertz CT molecular complexity index is 2760. The molecular weight excluding hydrogens is 597 g/mol. The van der Waals surface area contributed by atoms with E-state index in [9.17, 15) is 0 Å². The molecule has 0 fully saturated rings. The number of rotatable bonds is 5. The van der Waals surface area contributed by atoms with Crippen molar-refractivity contribution < 1.29 is 4.42 Å². The van der Waals surface area contributed by atoms with Crippen molar-refractivity contribution in [2.24, 2.45) is 0 Å². The lowest BCUT2D eigenvalue weighted by molar-refractivity contribution is 0.669. The number of hydrogen-bond donors (Lipinski definition) is 0. The van der Waals surface area contributed by atoms with E-state index in [4.69, 9.17) is 4.42 Å². The van der Waals surface area contributed by atoms with Gasteiger partial charge in [0.25, 0.3) is 0 Å². The molecule has 8 aromatic carbocycles. The fraction of sp³-hybridized carbons (Fsp3) is 0. The van der Waals surface area contributed by atoms with E-state index in [1.165, 1.54) is 43.6 Å². The zero-order valence-corrected chi connectivity index (χ0v) is 26.6. The lowest BCUT2D eigenvalue weighted by Gasteiger charge is -2.25. The van der Waals surface area contributed by atoms with Gasteiger partial charge in [-0.15, -0.1) is 0 Å². The van der Waals surface area contributed by atoms with Gasteiger partial charge in [0.1, 0.15) is 11.2 Å². The molecule has 0 saturated carbocycles. The Morgan fingerprint density at radius 2 is 1.06 bits per heavy atom. The first-order chi connectivity index (χ1) is 24.3. The summed E-state index contributed by atoms with van der Waals surface area (Å²) in [5.74, 6) is 0. The fourth-order valence-corrected chi connectivity index (χ4v) is 7.45. The molecule has 10 rings (SSSR count). The zero-order chi connectivity index (χ0) is 32.3. The van der Waals surface area contributed by atoms with Gasteiger partial charge in [-0.2, -0.15) is 0 Å². The normalized spacial score (nSPS) is 11.7. The van der Waals surface area contributed by atoms with Crippen LogP contribution in [0.5, 0.6) is 0 Å². The molecule has 0 unspecified atom stereocenters. The monoisotopic (exact) mass is 626 g/mol. The summed E-state index contributed by atoms with van der Waals surface area (Å²) in [5.41, 5.74) is 9.88.